The largest absolute Gasteiger partial charge is 0.478 e. The first kappa shape index (κ1) is 13.1. The van der Waals surface area contributed by atoms with Crippen molar-refractivity contribution in [1.82, 2.24) is 0 Å². The second kappa shape index (κ2) is 5.97. The van der Waals surface area contributed by atoms with E-state index in [1.807, 2.05) is 0 Å². The van der Waals surface area contributed by atoms with Crippen LogP contribution in [0.15, 0.2) is 24.3 Å². The normalized spacial score (nSPS) is 10.3. The van der Waals surface area contributed by atoms with Gasteiger partial charge in [0.1, 0.15) is 0 Å². The van der Waals surface area contributed by atoms with Crippen molar-refractivity contribution in [3.63, 3.8) is 0 Å². The minimum absolute atomic E-state index is 0.0626. The van der Waals surface area contributed by atoms with Gasteiger partial charge in [0.25, 0.3) is 0 Å². The maximum Gasteiger partial charge on any atom is 0.339 e. The summed E-state index contributed by atoms with van der Waals surface area (Å²) in [5, 5.41) is 25.9. The first-order valence-corrected chi connectivity index (χ1v) is 4.88. The zero-order valence-electron chi connectivity index (χ0n) is 8.87. The van der Waals surface area contributed by atoms with Crippen LogP contribution < -0.4 is 0 Å². The molecule has 17 heavy (non-hydrogen) atoms. The van der Waals surface area contributed by atoms with Crippen LogP contribution in [-0.4, -0.2) is 40.2 Å². The van der Waals surface area contributed by atoms with E-state index < -0.39 is 18.2 Å². The van der Waals surface area contributed by atoms with E-state index in [0.29, 0.717) is 0 Å². The highest BCUT2D eigenvalue weighted by Gasteiger charge is 2.16. The van der Waals surface area contributed by atoms with E-state index in [-0.39, 0.29) is 24.2 Å². The van der Waals surface area contributed by atoms with Crippen molar-refractivity contribution in [2.75, 3.05) is 6.61 Å². The van der Waals surface area contributed by atoms with E-state index in [1.165, 1.54) is 24.3 Å². The zero-order chi connectivity index (χ0) is 12.8. The summed E-state index contributed by atoms with van der Waals surface area (Å²) < 4.78 is 4.71. The Morgan fingerprint density at radius 1 is 1.18 bits per heavy atom. The molecule has 0 aliphatic rings. The predicted octanol–water partition coefficient (Wildman–Crippen LogP) is 0.242. The Labute approximate surface area is 97.1 Å². The van der Waals surface area contributed by atoms with Gasteiger partial charge in [-0.2, -0.15) is 0 Å². The van der Waals surface area contributed by atoms with Crippen LogP contribution in [0.3, 0.4) is 0 Å². The number of carboxylic acids is 1. The van der Waals surface area contributed by atoms with Crippen LogP contribution in [0.2, 0.25) is 0 Å². The summed E-state index contributed by atoms with van der Waals surface area (Å²) in [4.78, 5) is 22.3. The quantitative estimate of drug-likeness (QED) is 0.503. The third-order valence-corrected chi connectivity index (χ3v) is 1.99. The number of carboxylic acid groups (broad SMARTS) is 1. The molecule has 0 aliphatic carbocycles. The molecule has 0 aliphatic heterocycles. The van der Waals surface area contributed by atoms with Crippen molar-refractivity contribution in [1.29, 1.82) is 0 Å². The van der Waals surface area contributed by atoms with Gasteiger partial charge in [0.15, 0.2) is 6.29 Å². The molecule has 0 bridgehead atoms. The SMILES string of the molecule is O=C(O)c1ccccc1C(=O)OCCC(O)O. The molecule has 92 valence electrons. The highest BCUT2D eigenvalue weighted by molar-refractivity contribution is 6.02. The lowest BCUT2D eigenvalue weighted by molar-refractivity contribution is -0.0563. The van der Waals surface area contributed by atoms with Crippen molar-refractivity contribution < 1.29 is 29.6 Å². The predicted molar refractivity (Wildman–Crippen MR) is 56.5 cm³/mol. The molecule has 0 amide bonds. The number of hydrogen-bond donors (Lipinski definition) is 3. The summed E-state index contributed by atoms with van der Waals surface area (Å²) in [6.45, 7) is -0.190. The van der Waals surface area contributed by atoms with Crippen LogP contribution in [0.4, 0.5) is 0 Å². The summed E-state index contributed by atoms with van der Waals surface area (Å²) in [7, 11) is 0. The summed E-state index contributed by atoms with van der Waals surface area (Å²) in [5.74, 6) is -2.02. The summed E-state index contributed by atoms with van der Waals surface area (Å²) >= 11 is 0. The summed E-state index contributed by atoms with van der Waals surface area (Å²) in [6, 6.07) is 5.64. The van der Waals surface area contributed by atoms with Crippen LogP contribution in [0.25, 0.3) is 0 Å². The first-order valence-electron chi connectivity index (χ1n) is 4.88. The number of aromatic carboxylic acids is 1. The molecule has 1 rings (SSSR count). The Kier molecular flexibility index (Phi) is 4.62. The Bertz CT molecular complexity index is 412. The van der Waals surface area contributed by atoms with E-state index in [0.717, 1.165) is 0 Å². The number of aliphatic hydroxyl groups is 2. The monoisotopic (exact) mass is 240 g/mol. The van der Waals surface area contributed by atoms with Crippen molar-refractivity contribution in [3.8, 4) is 0 Å². The van der Waals surface area contributed by atoms with Gasteiger partial charge in [-0.1, -0.05) is 12.1 Å². The number of rotatable bonds is 5. The lowest BCUT2D eigenvalue weighted by Crippen LogP contribution is -2.15. The molecule has 1 aromatic carbocycles. The highest BCUT2D eigenvalue weighted by atomic mass is 16.5. The molecule has 1 aromatic rings. The molecular weight excluding hydrogens is 228 g/mol. The molecule has 0 aromatic heterocycles. The maximum absolute atomic E-state index is 11.5. The number of hydrogen-bond acceptors (Lipinski definition) is 5. The lowest BCUT2D eigenvalue weighted by Gasteiger charge is -2.07. The minimum Gasteiger partial charge on any atom is -0.478 e. The molecule has 0 atom stereocenters. The minimum atomic E-state index is -1.56. The Hall–Kier alpha value is -1.92. The molecule has 3 N–H and O–H groups in total. The van der Waals surface area contributed by atoms with Crippen LogP contribution in [0.5, 0.6) is 0 Å². The van der Waals surface area contributed by atoms with Gasteiger partial charge in [-0.05, 0) is 12.1 Å². The lowest BCUT2D eigenvalue weighted by atomic mass is 10.1. The fraction of sp³-hybridized carbons (Fsp3) is 0.273. The molecule has 0 unspecified atom stereocenters. The van der Waals surface area contributed by atoms with Crippen molar-refractivity contribution >= 4 is 11.9 Å². The second-order valence-corrected chi connectivity index (χ2v) is 3.26. The van der Waals surface area contributed by atoms with Crippen LogP contribution in [0, 0.1) is 0 Å². The number of aliphatic hydroxyl groups excluding tert-OH is 1. The van der Waals surface area contributed by atoms with E-state index in [4.69, 9.17) is 20.1 Å². The third-order valence-electron chi connectivity index (χ3n) is 1.99. The molecule has 0 saturated heterocycles. The van der Waals surface area contributed by atoms with Gasteiger partial charge < -0.3 is 20.1 Å². The van der Waals surface area contributed by atoms with E-state index in [2.05, 4.69) is 0 Å². The fourth-order valence-electron chi connectivity index (χ4n) is 1.18. The molecule has 0 fully saturated rings. The number of carbonyl (C=O) groups is 2. The van der Waals surface area contributed by atoms with Gasteiger partial charge in [0, 0.05) is 6.42 Å². The van der Waals surface area contributed by atoms with Gasteiger partial charge in [-0.15, -0.1) is 0 Å². The summed E-state index contributed by atoms with van der Waals surface area (Å²) in [6.07, 6.45) is -1.68. The van der Waals surface area contributed by atoms with Gasteiger partial charge in [0.2, 0.25) is 0 Å². The topological polar surface area (TPSA) is 104 Å². The highest BCUT2D eigenvalue weighted by Crippen LogP contribution is 2.10. The first-order chi connectivity index (χ1) is 8.02. The zero-order valence-corrected chi connectivity index (χ0v) is 8.87. The summed E-state index contributed by atoms with van der Waals surface area (Å²) in [5.41, 5.74) is -0.213. The van der Waals surface area contributed by atoms with Crippen molar-refractivity contribution in [2.45, 2.75) is 12.7 Å². The van der Waals surface area contributed by atoms with Gasteiger partial charge in [-0.3, -0.25) is 0 Å². The average molecular weight is 240 g/mol. The van der Waals surface area contributed by atoms with E-state index in [9.17, 15) is 9.59 Å². The second-order valence-electron chi connectivity index (χ2n) is 3.26. The van der Waals surface area contributed by atoms with Crippen LogP contribution in [0.1, 0.15) is 27.1 Å². The van der Waals surface area contributed by atoms with Gasteiger partial charge in [0.05, 0.1) is 17.7 Å². The van der Waals surface area contributed by atoms with Crippen LogP contribution in [-0.2, 0) is 4.74 Å². The van der Waals surface area contributed by atoms with Crippen LogP contribution >= 0.6 is 0 Å². The number of benzene rings is 1. The molecular formula is C11H12O6. The van der Waals surface area contributed by atoms with E-state index in [1.54, 1.807) is 0 Å². The number of ether oxygens (including phenoxy) is 1. The smallest absolute Gasteiger partial charge is 0.339 e. The molecule has 0 spiro atoms. The molecule has 6 heteroatoms. The van der Waals surface area contributed by atoms with Crippen molar-refractivity contribution in [2.24, 2.45) is 0 Å². The molecule has 6 nitrogen and oxygen atoms in total. The fourth-order valence-corrected chi connectivity index (χ4v) is 1.18. The maximum atomic E-state index is 11.5. The number of carbonyl (C=O) groups excluding carboxylic acids is 1. The Morgan fingerprint density at radius 3 is 2.29 bits per heavy atom. The van der Waals surface area contributed by atoms with Gasteiger partial charge in [-0.25, -0.2) is 9.59 Å². The molecule has 0 radical (unpaired) electrons. The molecule has 0 saturated carbocycles. The molecule has 0 heterocycles. The third kappa shape index (κ3) is 3.86. The van der Waals surface area contributed by atoms with Gasteiger partial charge >= 0.3 is 11.9 Å². The van der Waals surface area contributed by atoms with E-state index >= 15 is 0 Å². The standard InChI is InChI=1S/C11H12O6/c12-9(13)5-6-17-11(16)8-4-2-1-3-7(8)10(14)15/h1-4,9,12-13H,5-6H2,(H,14,15). The Balaban J connectivity index is 2.72. The number of esters is 1. The van der Waals surface area contributed by atoms with Crippen molar-refractivity contribution in [3.05, 3.63) is 35.4 Å². The Morgan fingerprint density at radius 2 is 1.76 bits per heavy atom. The average Bonchev–Trinajstić information content (AvgIpc) is 2.28.